The fraction of sp³-hybridized carbons (Fsp3) is 0.800. The molecule has 0 aromatic heterocycles. The molecule has 0 aromatic rings. The van der Waals surface area contributed by atoms with Gasteiger partial charge in [-0.2, -0.15) is 0 Å². The Kier molecular flexibility index (Phi) is 6.70. The maximum atomic E-state index is 11.3. The Bertz CT molecular complexity index is 217. The Labute approximate surface area is 90.8 Å². The zero-order chi connectivity index (χ0) is 11.8. The average molecular weight is 215 g/mol. The maximum absolute atomic E-state index is 11.3. The Hall–Kier alpha value is -1.10. The van der Waals surface area contributed by atoms with Crippen LogP contribution in [0, 0.1) is 5.92 Å². The Morgan fingerprint density at radius 3 is 2.27 bits per heavy atom. The van der Waals surface area contributed by atoms with Crippen LogP contribution in [0.3, 0.4) is 0 Å². The molecule has 1 unspecified atom stereocenters. The average Bonchev–Trinajstić information content (AvgIpc) is 2.12. The fourth-order valence-electron chi connectivity index (χ4n) is 1.32. The van der Waals surface area contributed by atoms with Gasteiger partial charge in [-0.1, -0.05) is 13.8 Å². The van der Waals surface area contributed by atoms with Crippen molar-refractivity contribution in [2.75, 3.05) is 13.1 Å². The van der Waals surface area contributed by atoms with Gasteiger partial charge < -0.3 is 16.4 Å². The number of carbonyl (C=O) groups is 2. The molecule has 4 N–H and O–H groups in total. The van der Waals surface area contributed by atoms with E-state index in [2.05, 4.69) is 24.5 Å². The van der Waals surface area contributed by atoms with E-state index in [0.29, 0.717) is 19.0 Å². The lowest BCUT2D eigenvalue weighted by Crippen LogP contribution is -2.45. The molecular weight excluding hydrogens is 194 g/mol. The Balaban J connectivity index is 3.85. The van der Waals surface area contributed by atoms with Crippen molar-refractivity contribution in [2.45, 2.75) is 33.2 Å². The molecule has 5 nitrogen and oxygen atoms in total. The summed E-state index contributed by atoms with van der Waals surface area (Å²) < 4.78 is 0. The summed E-state index contributed by atoms with van der Waals surface area (Å²) in [4.78, 5) is 22.4. The van der Waals surface area contributed by atoms with E-state index >= 15 is 0 Å². The van der Waals surface area contributed by atoms with Crippen LogP contribution in [-0.2, 0) is 9.59 Å². The molecule has 0 spiro atoms. The first-order valence-electron chi connectivity index (χ1n) is 5.26. The van der Waals surface area contributed by atoms with Gasteiger partial charge in [0.1, 0.15) is 0 Å². The van der Waals surface area contributed by atoms with E-state index in [0.717, 1.165) is 6.42 Å². The zero-order valence-corrected chi connectivity index (χ0v) is 9.67. The van der Waals surface area contributed by atoms with Crippen LogP contribution >= 0.6 is 0 Å². The molecular formula is C10H21N3O2. The first kappa shape index (κ1) is 13.9. The summed E-state index contributed by atoms with van der Waals surface area (Å²) in [5.41, 5.74) is 5.20. The summed E-state index contributed by atoms with van der Waals surface area (Å²) >= 11 is 0. The van der Waals surface area contributed by atoms with Gasteiger partial charge in [0, 0.05) is 19.1 Å². The predicted molar refractivity (Wildman–Crippen MR) is 59.1 cm³/mol. The third-order valence-corrected chi connectivity index (χ3v) is 1.84. The summed E-state index contributed by atoms with van der Waals surface area (Å²) in [6.07, 6.45) is 0.857. The van der Waals surface area contributed by atoms with E-state index in [1.807, 2.05) is 6.92 Å². The molecule has 0 aliphatic heterocycles. The monoisotopic (exact) mass is 215 g/mol. The molecule has 0 aromatic carbocycles. The van der Waals surface area contributed by atoms with Crippen molar-refractivity contribution < 1.29 is 9.59 Å². The van der Waals surface area contributed by atoms with Crippen LogP contribution in [0.5, 0.6) is 0 Å². The molecule has 0 saturated heterocycles. The minimum atomic E-state index is -0.615. The van der Waals surface area contributed by atoms with E-state index in [1.54, 1.807) is 0 Å². The van der Waals surface area contributed by atoms with Crippen LogP contribution in [0.15, 0.2) is 0 Å². The molecule has 15 heavy (non-hydrogen) atoms. The van der Waals surface area contributed by atoms with Crippen molar-refractivity contribution in [1.29, 1.82) is 0 Å². The van der Waals surface area contributed by atoms with Gasteiger partial charge in [-0.3, -0.25) is 9.59 Å². The SMILES string of the molecule is CC(C)CC(C)NC(=O)C(=O)NCCN. The molecule has 0 aliphatic carbocycles. The standard InChI is InChI=1S/C10H21N3O2/c1-7(2)6-8(3)13-10(15)9(14)12-5-4-11/h7-8H,4-6,11H2,1-3H3,(H,12,14)(H,13,15). The molecule has 1 atom stereocenters. The van der Waals surface area contributed by atoms with E-state index in [1.165, 1.54) is 0 Å². The second-order valence-electron chi connectivity index (χ2n) is 4.05. The largest absolute Gasteiger partial charge is 0.347 e. The lowest BCUT2D eigenvalue weighted by molar-refractivity contribution is -0.139. The van der Waals surface area contributed by atoms with Crippen molar-refractivity contribution >= 4 is 11.8 Å². The number of hydrogen-bond acceptors (Lipinski definition) is 3. The molecule has 2 amide bonds. The number of rotatable bonds is 5. The summed E-state index contributed by atoms with van der Waals surface area (Å²) in [5.74, 6) is -0.708. The minimum absolute atomic E-state index is 0.0149. The molecule has 0 radical (unpaired) electrons. The Morgan fingerprint density at radius 2 is 1.80 bits per heavy atom. The number of nitrogens with one attached hydrogen (secondary N) is 2. The molecule has 0 rings (SSSR count). The van der Waals surface area contributed by atoms with Crippen LogP contribution in [0.25, 0.3) is 0 Å². The quantitative estimate of drug-likeness (QED) is 0.546. The van der Waals surface area contributed by atoms with Crippen molar-refractivity contribution in [3.05, 3.63) is 0 Å². The van der Waals surface area contributed by atoms with Gasteiger partial charge in [-0.25, -0.2) is 0 Å². The van der Waals surface area contributed by atoms with E-state index in [4.69, 9.17) is 5.73 Å². The highest BCUT2D eigenvalue weighted by Gasteiger charge is 2.15. The Morgan fingerprint density at radius 1 is 1.20 bits per heavy atom. The smallest absolute Gasteiger partial charge is 0.309 e. The van der Waals surface area contributed by atoms with Gasteiger partial charge in [-0.05, 0) is 19.3 Å². The number of nitrogens with two attached hydrogens (primary N) is 1. The summed E-state index contributed by atoms with van der Waals surface area (Å²) in [6.45, 7) is 6.67. The van der Waals surface area contributed by atoms with Crippen LogP contribution in [0.1, 0.15) is 27.2 Å². The number of carbonyl (C=O) groups excluding carboxylic acids is 2. The summed E-state index contributed by atoms with van der Waals surface area (Å²) in [7, 11) is 0. The second-order valence-corrected chi connectivity index (χ2v) is 4.05. The number of amides is 2. The summed E-state index contributed by atoms with van der Waals surface area (Å²) in [6, 6.07) is 0.0149. The van der Waals surface area contributed by atoms with Gasteiger partial charge in [0.05, 0.1) is 0 Å². The molecule has 0 aliphatic rings. The third-order valence-electron chi connectivity index (χ3n) is 1.84. The molecule has 0 heterocycles. The van der Waals surface area contributed by atoms with Crippen LogP contribution in [0.4, 0.5) is 0 Å². The van der Waals surface area contributed by atoms with Crippen molar-refractivity contribution in [3.63, 3.8) is 0 Å². The van der Waals surface area contributed by atoms with Crippen molar-refractivity contribution in [3.8, 4) is 0 Å². The summed E-state index contributed by atoms with van der Waals surface area (Å²) in [5, 5.41) is 5.04. The topological polar surface area (TPSA) is 84.2 Å². The second kappa shape index (κ2) is 7.23. The van der Waals surface area contributed by atoms with Gasteiger partial charge in [0.25, 0.3) is 0 Å². The van der Waals surface area contributed by atoms with Gasteiger partial charge in [0.15, 0.2) is 0 Å². The zero-order valence-electron chi connectivity index (χ0n) is 9.67. The van der Waals surface area contributed by atoms with E-state index in [-0.39, 0.29) is 6.04 Å². The molecule has 0 saturated carbocycles. The van der Waals surface area contributed by atoms with Gasteiger partial charge in [0.2, 0.25) is 0 Å². The van der Waals surface area contributed by atoms with Crippen LogP contribution in [0.2, 0.25) is 0 Å². The maximum Gasteiger partial charge on any atom is 0.309 e. The minimum Gasteiger partial charge on any atom is -0.347 e. The highest BCUT2D eigenvalue weighted by atomic mass is 16.2. The fourth-order valence-corrected chi connectivity index (χ4v) is 1.32. The van der Waals surface area contributed by atoms with Gasteiger partial charge >= 0.3 is 11.8 Å². The molecule has 0 bridgehead atoms. The first-order valence-corrected chi connectivity index (χ1v) is 5.26. The first-order chi connectivity index (χ1) is 6.97. The highest BCUT2D eigenvalue weighted by molar-refractivity contribution is 6.35. The van der Waals surface area contributed by atoms with E-state index < -0.39 is 11.8 Å². The third kappa shape index (κ3) is 6.90. The van der Waals surface area contributed by atoms with Crippen LogP contribution < -0.4 is 16.4 Å². The lowest BCUT2D eigenvalue weighted by Gasteiger charge is -2.15. The highest BCUT2D eigenvalue weighted by Crippen LogP contribution is 2.03. The molecule has 5 heteroatoms. The molecule has 0 fully saturated rings. The van der Waals surface area contributed by atoms with Crippen molar-refractivity contribution in [2.24, 2.45) is 11.7 Å². The van der Waals surface area contributed by atoms with Crippen molar-refractivity contribution in [1.82, 2.24) is 10.6 Å². The lowest BCUT2D eigenvalue weighted by atomic mass is 10.1. The predicted octanol–water partition coefficient (Wildman–Crippen LogP) is -0.388. The molecule has 88 valence electrons. The number of hydrogen-bond donors (Lipinski definition) is 3. The van der Waals surface area contributed by atoms with Gasteiger partial charge in [-0.15, -0.1) is 0 Å². The van der Waals surface area contributed by atoms with E-state index in [9.17, 15) is 9.59 Å². The van der Waals surface area contributed by atoms with Crippen LogP contribution in [-0.4, -0.2) is 30.9 Å². The normalized spacial score (nSPS) is 12.3.